The SMILES string of the molecule is CCC=C1CCC2(CC1)CC2=C1CCCCC1. The fraction of sp³-hybridized carbons (Fsp3) is 0.765. The molecule has 94 valence electrons. The largest absolute Gasteiger partial charge is 0.0856 e. The van der Waals surface area contributed by atoms with Gasteiger partial charge in [-0.05, 0) is 69.6 Å². The number of hydrogen-bond donors (Lipinski definition) is 0. The van der Waals surface area contributed by atoms with Gasteiger partial charge in [-0.1, -0.05) is 36.1 Å². The van der Waals surface area contributed by atoms with Crippen molar-refractivity contribution < 1.29 is 0 Å². The third-order valence-electron chi connectivity index (χ3n) is 5.26. The Balaban J connectivity index is 1.66. The molecule has 0 amide bonds. The second kappa shape index (κ2) is 4.63. The van der Waals surface area contributed by atoms with Gasteiger partial charge in [-0.2, -0.15) is 0 Å². The minimum Gasteiger partial charge on any atom is -0.0856 e. The molecule has 3 aliphatic carbocycles. The van der Waals surface area contributed by atoms with Crippen LogP contribution in [-0.2, 0) is 0 Å². The third kappa shape index (κ3) is 2.23. The summed E-state index contributed by atoms with van der Waals surface area (Å²) in [5.74, 6) is 0. The van der Waals surface area contributed by atoms with Crippen molar-refractivity contribution in [1.82, 2.24) is 0 Å². The van der Waals surface area contributed by atoms with Crippen LogP contribution in [0.3, 0.4) is 0 Å². The van der Waals surface area contributed by atoms with Crippen LogP contribution in [0.4, 0.5) is 0 Å². The van der Waals surface area contributed by atoms with E-state index in [1.807, 2.05) is 11.1 Å². The molecular formula is C17H26. The van der Waals surface area contributed by atoms with E-state index in [0.717, 1.165) is 5.41 Å². The van der Waals surface area contributed by atoms with Crippen molar-refractivity contribution in [1.29, 1.82) is 0 Å². The highest BCUT2D eigenvalue weighted by Crippen LogP contribution is 2.64. The Bertz CT molecular complexity index is 338. The Morgan fingerprint density at radius 2 is 1.71 bits per heavy atom. The zero-order valence-electron chi connectivity index (χ0n) is 11.4. The van der Waals surface area contributed by atoms with Gasteiger partial charge in [-0.25, -0.2) is 0 Å². The zero-order chi connectivity index (χ0) is 11.7. The molecule has 3 saturated carbocycles. The van der Waals surface area contributed by atoms with E-state index in [-0.39, 0.29) is 0 Å². The lowest BCUT2D eigenvalue weighted by Crippen LogP contribution is -2.10. The predicted octanol–water partition coefficient (Wildman–Crippen LogP) is 5.55. The van der Waals surface area contributed by atoms with E-state index in [2.05, 4.69) is 13.0 Å². The molecule has 0 nitrogen and oxygen atoms in total. The number of allylic oxidation sites excluding steroid dienone is 4. The fourth-order valence-electron chi connectivity index (χ4n) is 4.10. The molecule has 0 aromatic heterocycles. The van der Waals surface area contributed by atoms with Crippen LogP contribution in [0, 0.1) is 5.41 Å². The van der Waals surface area contributed by atoms with E-state index in [1.165, 1.54) is 70.6 Å². The van der Waals surface area contributed by atoms with Gasteiger partial charge in [0.15, 0.2) is 0 Å². The Labute approximate surface area is 106 Å². The minimum absolute atomic E-state index is 0.720. The van der Waals surface area contributed by atoms with Crippen molar-refractivity contribution in [2.24, 2.45) is 5.41 Å². The van der Waals surface area contributed by atoms with E-state index in [4.69, 9.17) is 0 Å². The molecule has 0 radical (unpaired) electrons. The molecule has 0 heterocycles. The molecule has 3 aliphatic rings. The van der Waals surface area contributed by atoms with Crippen molar-refractivity contribution in [2.75, 3.05) is 0 Å². The maximum Gasteiger partial charge on any atom is -0.00416 e. The molecule has 1 spiro atoms. The Kier molecular flexibility index (Phi) is 3.15. The van der Waals surface area contributed by atoms with Crippen molar-refractivity contribution in [3.8, 4) is 0 Å². The molecular weight excluding hydrogens is 204 g/mol. The normalized spacial score (nSPS) is 33.1. The van der Waals surface area contributed by atoms with E-state index < -0.39 is 0 Å². The van der Waals surface area contributed by atoms with E-state index in [0.29, 0.717) is 0 Å². The molecule has 17 heavy (non-hydrogen) atoms. The van der Waals surface area contributed by atoms with Crippen molar-refractivity contribution >= 4 is 0 Å². The van der Waals surface area contributed by atoms with Crippen LogP contribution in [0.15, 0.2) is 22.8 Å². The molecule has 0 saturated heterocycles. The maximum absolute atomic E-state index is 2.47. The first kappa shape index (κ1) is 11.6. The molecule has 0 N–H and O–H groups in total. The summed E-state index contributed by atoms with van der Waals surface area (Å²) >= 11 is 0. The fourth-order valence-corrected chi connectivity index (χ4v) is 4.10. The highest BCUT2D eigenvalue weighted by atomic mass is 14.5. The molecule has 0 unspecified atom stereocenters. The molecule has 0 aliphatic heterocycles. The Morgan fingerprint density at radius 1 is 1.00 bits per heavy atom. The molecule has 0 aromatic carbocycles. The summed E-state index contributed by atoms with van der Waals surface area (Å²) in [5.41, 5.74) is 6.28. The minimum atomic E-state index is 0.720. The van der Waals surface area contributed by atoms with Gasteiger partial charge in [0, 0.05) is 0 Å². The molecule has 3 fully saturated rings. The first-order chi connectivity index (χ1) is 8.34. The smallest absolute Gasteiger partial charge is 0.00416 e. The number of hydrogen-bond acceptors (Lipinski definition) is 0. The van der Waals surface area contributed by atoms with Crippen LogP contribution in [-0.4, -0.2) is 0 Å². The molecule has 0 bridgehead atoms. The van der Waals surface area contributed by atoms with Gasteiger partial charge < -0.3 is 0 Å². The van der Waals surface area contributed by atoms with Crippen LogP contribution >= 0.6 is 0 Å². The molecule has 3 rings (SSSR count). The summed E-state index contributed by atoms with van der Waals surface area (Å²) in [6.07, 6.45) is 18.2. The molecule has 0 heteroatoms. The highest BCUT2D eigenvalue weighted by Gasteiger charge is 2.50. The summed E-state index contributed by atoms with van der Waals surface area (Å²) in [5, 5.41) is 0. The van der Waals surface area contributed by atoms with E-state index in [1.54, 1.807) is 5.57 Å². The van der Waals surface area contributed by atoms with Gasteiger partial charge in [0.25, 0.3) is 0 Å². The average Bonchev–Trinajstić information content (AvgIpc) is 3.08. The van der Waals surface area contributed by atoms with Crippen molar-refractivity contribution in [3.05, 3.63) is 22.8 Å². The summed E-state index contributed by atoms with van der Waals surface area (Å²) in [4.78, 5) is 0. The van der Waals surface area contributed by atoms with Crippen LogP contribution in [0.1, 0.15) is 77.6 Å². The number of rotatable bonds is 1. The first-order valence-corrected chi connectivity index (χ1v) is 7.73. The second-order valence-corrected chi connectivity index (χ2v) is 6.37. The predicted molar refractivity (Wildman–Crippen MR) is 74.0 cm³/mol. The third-order valence-corrected chi connectivity index (χ3v) is 5.26. The van der Waals surface area contributed by atoms with Gasteiger partial charge in [0.1, 0.15) is 0 Å². The lowest BCUT2D eigenvalue weighted by atomic mass is 9.81. The lowest BCUT2D eigenvalue weighted by molar-refractivity contribution is 0.403. The summed E-state index contributed by atoms with van der Waals surface area (Å²) in [7, 11) is 0. The lowest BCUT2D eigenvalue weighted by Gasteiger charge is -2.24. The Hall–Kier alpha value is -0.520. The van der Waals surface area contributed by atoms with Gasteiger partial charge in [-0.3, -0.25) is 0 Å². The van der Waals surface area contributed by atoms with Gasteiger partial charge in [0.2, 0.25) is 0 Å². The van der Waals surface area contributed by atoms with Gasteiger partial charge in [0.05, 0.1) is 0 Å². The van der Waals surface area contributed by atoms with Gasteiger partial charge in [-0.15, -0.1) is 0 Å². The van der Waals surface area contributed by atoms with Crippen LogP contribution in [0.25, 0.3) is 0 Å². The van der Waals surface area contributed by atoms with Gasteiger partial charge >= 0.3 is 0 Å². The van der Waals surface area contributed by atoms with Crippen molar-refractivity contribution in [2.45, 2.75) is 77.6 Å². The van der Waals surface area contributed by atoms with Crippen LogP contribution in [0.2, 0.25) is 0 Å². The maximum atomic E-state index is 2.47. The summed E-state index contributed by atoms with van der Waals surface area (Å²) < 4.78 is 0. The highest BCUT2D eigenvalue weighted by molar-refractivity contribution is 5.39. The van der Waals surface area contributed by atoms with Crippen LogP contribution < -0.4 is 0 Å². The van der Waals surface area contributed by atoms with E-state index in [9.17, 15) is 0 Å². The topological polar surface area (TPSA) is 0 Å². The Morgan fingerprint density at radius 3 is 2.35 bits per heavy atom. The van der Waals surface area contributed by atoms with Crippen LogP contribution in [0.5, 0.6) is 0 Å². The zero-order valence-corrected chi connectivity index (χ0v) is 11.4. The van der Waals surface area contributed by atoms with E-state index >= 15 is 0 Å². The first-order valence-electron chi connectivity index (χ1n) is 7.73. The average molecular weight is 230 g/mol. The summed E-state index contributed by atoms with van der Waals surface area (Å²) in [6, 6.07) is 0. The molecule has 0 aromatic rings. The second-order valence-electron chi connectivity index (χ2n) is 6.37. The quantitative estimate of drug-likeness (QED) is 0.518. The monoisotopic (exact) mass is 230 g/mol. The summed E-state index contributed by atoms with van der Waals surface area (Å²) in [6.45, 7) is 2.27. The molecule has 0 atom stereocenters. The standard InChI is InChI=1S/C17H26/c1-2-6-14-9-11-17(12-10-14)13-16(17)15-7-4-3-5-8-15/h6H,2-5,7-13H2,1H3. The van der Waals surface area contributed by atoms with Crippen molar-refractivity contribution in [3.63, 3.8) is 0 Å².